The van der Waals surface area contributed by atoms with E-state index in [0.717, 1.165) is 11.1 Å². The number of hydrogen-bond donors (Lipinski definition) is 0. The fraction of sp³-hybridized carbons (Fsp3) is 0.188. The van der Waals surface area contributed by atoms with Crippen LogP contribution >= 0.6 is 0 Å². The van der Waals surface area contributed by atoms with E-state index in [1.807, 2.05) is 13.0 Å². The molecule has 2 rings (SSSR count). The van der Waals surface area contributed by atoms with Crippen molar-refractivity contribution in [2.75, 3.05) is 0 Å². The fourth-order valence-corrected chi connectivity index (χ4v) is 2.10. The van der Waals surface area contributed by atoms with Crippen molar-refractivity contribution in [3.8, 4) is 11.5 Å². The summed E-state index contributed by atoms with van der Waals surface area (Å²) in [4.78, 5) is 21.6. The highest BCUT2D eigenvalue weighted by Gasteiger charge is 2.16. The first kappa shape index (κ1) is 14.7. The summed E-state index contributed by atoms with van der Waals surface area (Å²) in [5, 5.41) is 11.0. The summed E-state index contributed by atoms with van der Waals surface area (Å²) >= 11 is 0. The van der Waals surface area contributed by atoms with Crippen LogP contribution in [0.5, 0.6) is 11.5 Å². The number of carbonyl (C=O) groups is 1. The Kier molecular flexibility index (Phi) is 4.03. The van der Waals surface area contributed by atoms with Crippen molar-refractivity contribution in [3.63, 3.8) is 0 Å². The van der Waals surface area contributed by atoms with Gasteiger partial charge in [0.15, 0.2) is 6.29 Å². The molecule has 0 atom stereocenters. The molecule has 0 N–H and O–H groups in total. The Morgan fingerprint density at radius 2 is 1.76 bits per heavy atom. The standard InChI is InChI=1S/C16H15NO4/c1-10-4-5-15(13(6-10)9-18)21-16-8-14(17(19)20)11(2)7-12(16)3/h4-9H,1-3H3. The van der Waals surface area contributed by atoms with E-state index < -0.39 is 4.92 Å². The van der Waals surface area contributed by atoms with Crippen molar-refractivity contribution in [2.24, 2.45) is 0 Å². The molecule has 0 saturated heterocycles. The molecular weight excluding hydrogens is 270 g/mol. The third-order valence-corrected chi connectivity index (χ3v) is 3.20. The van der Waals surface area contributed by atoms with Crippen LogP contribution in [0.15, 0.2) is 30.3 Å². The van der Waals surface area contributed by atoms with Crippen molar-refractivity contribution in [1.82, 2.24) is 0 Å². The van der Waals surface area contributed by atoms with Gasteiger partial charge in [-0.05, 0) is 44.5 Å². The van der Waals surface area contributed by atoms with Crippen LogP contribution in [0.4, 0.5) is 5.69 Å². The van der Waals surface area contributed by atoms with E-state index >= 15 is 0 Å². The number of benzene rings is 2. The van der Waals surface area contributed by atoms with Gasteiger partial charge in [0.2, 0.25) is 0 Å². The van der Waals surface area contributed by atoms with Crippen LogP contribution in [0.2, 0.25) is 0 Å². The zero-order valence-corrected chi connectivity index (χ0v) is 12.0. The lowest BCUT2D eigenvalue weighted by Gasteiger charge is -2.11. The maximum Gasteiger partial charge on any atom is 0.276 e. The van der Waals surface area contributed by atoms with Gasteiger partial charge in [0.1, 0.15) is 11.5 Å². The third-order valence-electron chi connectivity index (χ3n) is 3.20. The molecular formula is C16H15NO4. The molecule has 0 amide bonds. The van der Waals surface area contributed by atoms with Gasteiger partial charge in [0.05, 0.1) is 16.6 Å². The number of carbonyl (C=O) groups excluding carboxylic acids is 1. The topological polar surface area (TPSA) is 69.4 Å². The summed E-state index contributed by atoms with van der Waals surface area (Å²) in [6, 6.07) is 8.30. The monoisotopic (exact) mass is 285 g/mol. The van der Waals surface area contributed by atoms with Gasteiger partial charge in [0.25, 0.3) is 5.69 Å². The minimum atomic E-state index is -0.447. The van der Waals surface area contributed by atoms with E-state index in [1.165, 1.54) is 6.07 Å². The number of nitrogens with zero attached hydrogens (tertiary/aromatic N) is 1. The first-order chi connectivity index (χ1) is 9.92. The first-order valence-electron chi connectivity index (χ1n) is 6.41. The van der Waals surface area contributed by atoms with Crippen LogP contribution in [0.1, 0.15) is 27.0 Å². The van der Waals surface area contributed by atoms with Crippen LogP contribution in [-0.4, -0.2) is 11.2 Å². The number of nitro groups is 1. The van der Waals surface area contributed by atoms with Gasteiger partial charge < -0.3 is 4.74 Å². The zero-order chi connectivity index (χ0) is 15.6. The summed E-state index contributed by atoms with van der Waals surface area (Å²) in [5.74, 6) is 0.760. The summed E-state index contributed by atoms with van der Waals surface area (Å²) in [5.41, 5.74) is 2.70. The number of aryl methyl sites for hydroxylation is 3. The molecule has 0 spiro atoms. The molecule has 0 fully saturated rings. The van der Waals surface area contributed by atoms with E-state index in [1.54, 1.807) is 32.0 Å². The predicted octanol–water partition coefficient (Wildman–Crippen LogP) is 4.12. The van der Waals surface area contributed by atoms with Crippen molar-refractivity contribution < 1.29 is 14.5 Å². The minimum Gasteiger partial charge on any atom is -0.456 e. The number of nitro benzene ring substituents is 1. The summed E-state index contributed by atoms with van der Waals surface area (Å²) in [6.07, 6.45) is 0.709. The van der Waals surface area contributed by atoms with E-state index in [0.29, 0.717) is 28.9 Å². The number of rotatable bonds is 4. The van der Waals surface area contributed by atoms with Gasteiger partial charge in [0, 0.05) is 5.56 Å². The molecule has 2 aromatic rings. The minimum absolute atomic E-state index is 0.00429. The number of hydrogen-bond acceptors (Lipinski definition) is 4. The predicted molar refractivity (Wildman–Crippen MR) is 79.2 cm³/mol. The Hall–Kier alpha value is -2.69. The lowest BCUT2D eigenvalue weighted by molar-refractivity contribution is -0.385. The Morgan fingerprint density at radius 1 is 1.05 bits per heavy atom. The SMILES string of the molecule is Cc1ccc(Oc2cc([N+](=O)[O-])c(C)cc2C)c(C=O)c1. The highest BCUT2D eigenvalue weighted by molar-refractivity contribution is 5.80. The average Bonchev–Trinajstić information content (AvgIpc) is 2.42. The maximum atomic E-state index is 11.1. The van der Waals surface area contributed by atoms with E-state index in [4.69, 9.17) is 4.74 Å². The summed E-state index contributed by atoms with van der Waals surface area (Å²) in [7, 11) is 0. The molecule has 0 aliphatic carbocycles. The van der Waals surface area contributed by atoms with Crippen LogP contribution < -0.4 is 4.74 Å². The molecule has 21 heavy (non-hydrogen) atoms. The molecule has 5 heteroatoms. The van der Waals surface area contributed by atoms with Crippen molar-refractivity contribution in [2.45, 2.75) is 20.8 Å². The highest BCUT2D eigenvalue weighted by Crippen LogP contribution is 2.32. The third kappa shape index (κ3) is 3.08. The highest BCUT2D eigenvalue weighted by atomic mass is 16.6. The second-order valence-electron chi connectivity index (χ2n) is 4.92. The lowest BCUT2D eigenvalue weighted by atomic mass is 10.1. The summed E-state index contributed by atoms with van der Waals surface area (Å²) in [6.45, 7) is 5.36. The van der Waals surface area contributed by atoms with Crippen LogP contribution in [0.25, 0.3) is 0 Å². The van der Waals surface area contributed by atoms with Gasteiger partial charge in [-0.25, -0.2) is 0 Å². The number of ether oxygens (including phenoxy) is 1. The molecule has 0 aromatic heterocycles. The van der Waals surface area contributed by atoms with Crippen molar-refractivity contribution >= 4 is 12.0 Å². The Balaban J connectivity index is 2.47. The second-order valence-corrected chi connectivity index (χ2v) is 4.92. The largest absolute Gasteiger partial charge is 0.456 e. The summed E-state index contributed by atoms with van der Waals surface area (Å²) < 4.78 is 5.70. The maximum absolute atomic E-state index is 11.1. The van der Waals surface area contributed by atoms with Crippen LogP contribution in [0.3, 0.4) is 0 Å². The number of aldehydes is 1. The van der Waals surface area contributed by atoms with Gasteiger partial charge in [-0.1, -0.05) is 11.6 Å². The Bertz CT molecular complexity index is 722. The van der Waals surface area contributed by atoms with Crippen molar-refractivity contribution in [1.29, 1.82) is 0 Å². The molecule has 0 heterocycles. The molecule has 2 aromatic carbocycles. The van der Waals surface area contributed by atoms with E-state index in [2.05, 4.69) is 0 Å². The normalized spacial score (nSPS) is 10.2. The van der Waals surface area contributed by atoms with Gasteiger partial charge >= 0.3 is 0 Å². The van der Waals surface area contributed by atoms with Crippen molar-refractivity contribution in [3.05, 3.63) is 62.7 Å². The Labute approximate surface area is 122 Å². The average molecular weight is 285 g/mol. The second kappa shape index (κ2) is 5.75. The Morgan fingerprint density at radius 3 is 2.38 bits per heavy atom. The molecule has 0 saturated carbocycles. The molecule has 0 aliphatic rings. The molecule has 0 aliphatic heterocycles. The molecule has 0 radical (unpaired) electrons. The van der Waals surface area contributed by atoms with Crippen LogP contribution in [0, 0.1) is 30.9 Å². The van der Waals surface area contributed by atoms with Gasteiger partial charge in [-0.15, -0.1) is 0 Å². The molecule has 0 bridgehead atoms. The first-order valence-corrected chi connectivity index (χ1v) is 6.41. The molecule has 0 unspecified atom stereocenters. The van der Waals surface area contributed by atoms with Gasteiger partial charge in [-0.2, -0.15) is 0 Å². The smallest absolute Gasteiger partial charge is 0.276 e. The van der Waals surface area contributed by atoms with E-state index in [-0.39, 0.29) is 5.69 Å². The van der Waals surface area contributed by atoms with E-state index in [9.17, 15) is 14.9 Å². The fourth-order valence-electron chi connectivity index (χ4n) is 2.10. The zero-order valence-electron chi connectivity index (χ0n) is 12.0. The molecule has 5 nitrogen and oxygen atoms in total. The molecule has 108 valence electrons. The van der Waals surface area contributed by atoms with Crippen LogP contribution in [-0.2, 0) is 0 Å². The lowest BCUT2D eigenvalue weighted by Crippen LogP contribution is -1.97. The van der Waals surface area contributed by atoms with Gasteiger partial charge in [-0.3, -0.25) is 14.9 Å². The quantitative estimate of drug-likeness (QED) is 0.481.